The van der Waals surface area contributed by atoms with Crippen LogP contribution >= 0.6 is 0 Å². The van der Waals surface area contributed by atoms with Crippen LogP contribution in [0.15, 0.2) is 24.3 Å². The first-order valence-electron chi connectivity index (χ1n) is 7.21. The van der Waals surface area contributed by atoms with Crippen LogP contribution in [0.25, 0.3) is 0 Å². The Bertz CT molecular complexity index is 588. The molecule has 0 N–H and O–H groups in total. The smallest absolute Gasteiger partial charge is 0.282 e. The minimum Gasteiger partial charge on any atom is -0.375 e. The number of hydrogen-bond donors (Lipinski definition) is 0. The Labute approximate surface area is 127 Å². The minimum atomic E-state index is -3.47. The monoisotopic (exact) mass is 312 g/mol. The molecular weight excluding hydrogens is 288 g/mol. The molecular formula is C15H24N2O3S. The Hall–Kier alpha value is -0.950. The second kappa shape index (κ2) is 6.44. The van der Waals surface area contributed by atoms with Gasteiger partial charge in [0.25, 0.3) is 10.2 Å². The third-order valence-corrected chi connectivity index (χ3v) is 5.91. The van der Waals surface area contributed by atoms with E-state index >= 15 is 0 Å². The Balaban J connectivity index is 2.17. The van der Waals surface area contributed by atoms with E-state index in [0.717, 1.165) is 11.1 Å². The summed E-state index contributed by atoms with van der Waals surface area (Å²) in [6, 6.07) is 7.72. The molecule has 0 spiro atoms. The Kier molecular flexibility index (Phi) is 5.03. The van der Waals surface area contributed by atoms with Crippen LogP contribution in [0.2, 0.25) is 0 Å². The second-order valence-corrected chi connectivity index (χ2v) is 7.74. The third kappa shape index (κ3) is 3.63. The summed E-state index contributed by atoms with van der Waals surface area (Å²) in [5, 5.41) is 0. The summed E-state index contributed by atoms with van der Waals surface area (Å²) in [5.74, 6) is 0. The van der Waals surface area contributed by atoms with Gasteiger partial charge in [0.15, 0.2) is 0 Å². The van der Waals surface area contributed by atoms with Gasteiger partial charge in [-0.15, -0.1) is 0 Å². The summed E-state index contributed by atoms with van der Waals surface area (Å²) in [7, 11) is -1.84. The first-order valence-corrected chi connectivity index (χ1v) is 8.61. The van der Waals surface area contributed by atoms with Crippen LogP contribution < -0.4 is 0 Å². The number of hydrogen-bond acceptors (Lipinski definition) is 3. The fraction of sp³-hybridized carbons (Fsp3) is 0.600. The molecule has 118 valence electrons. The van der Waals surface area contributed by atoms with Crippen LogP contribution in [0.1, 0.15) is 25.0 Å². The Morgan fingerprint density at radius 1 is 1.33 bits per heavy atom. The Morgan fingerprint density at radius 2 is 2.00 bits per heavy atom. The van der Waals surface area contributed by atoms with Gasteiger partial charge in [-0.25, -0.2) is 0 Å². The number of morpholine rings is 1. The van der Waals surface area contributed by atoms with Crippen molar-refractivity contribution in [3.63, 3.8) is 0 Å². The average molecular weight is 312 g/mol. The van der Waals surface area contributed by atoms with Gasteiger partial charge in [0, 0.05) is 26.2 Å². The van der Waals surface area contributed by atoms with E-state index in [1.807, 2.05) is 45.0 Å². The van der Waals surface area contributed by atoms with Crippen LogP contribution in [-0.4, -0.2) is 49.4 Å². The maximum atomic E-state index is 12.8. The summed E-state index contributed by atoms with van der Waals surface area (Å²) >= 11 is 0. The van der Waals surface area contributed by atoms with Crippen LogP contribution in [0.5, 0.6) is 0 Å². The van der Waals surface area contributed by atoms with Crippen molar-refractivity contribution in [2.45, 2.75) is 39.5 Å². The van der Waals surface area contributed by atoms with E-state index in [1.165, 1.54) is 4.31 Å². The molecule has 1 aromatic rings. The quantitative estimate of drug-likeness (QED) is 0.851. The van der Waals surface area contributed by atoms with Crippen LogP contribution in [0.4, 0.5) is 0 Å². The molecule has 21 heavy (non-hydrogen) atoms. The summed E-state index contributed by atoms with van der Waals surface area (Å²) < 4.78 is 34.0. The van der Waals surface area contributed by atoms with E-state index in [9.17, 15) is 8.42 Å². The van der Waals surface area contributed by atoms with Crippen LogP contribution in [-0.2, 0) is 21.5 Å². The summed E-state index contributed by atoms with van der Waals surface area (Å²) in [4.78, 5) is 0. The van der Waals surface area contributed by atoms with E-state index < -0.39 is 10.2 Å². The lowest BCUT2D eigenvalue weighted by Crippen LogP contribution is -2.53. The van der Waals surface area contributed by atoms with Crippen molar-refractivity contribution in [2.75, 3.05) is 20.2 Å². The summed E-state index contributed by atoms with van der Waals surface area (Å²) in [5.41, 5.74) is 2.13. The standard InChI is InChI=1S/C15H24N2O3S/c1-12-7-5-6-8-15(12)10-16(4)21(18,19)17-9-14(3)20-11-13(17)2/h5-8,13-14H,9-11H2,1-4H3/t13-,14-/m0/s1. The number of rotatable bonds is 4. The highest BCUT2D eigenvalue weighted by molar-refractivity contribution is 7.86. The van der Waals surface area contributed by atoms with Gasteiger partial charge in [0.05, 0.1) is 12.7 Å². The fourth-order valence-corrected chi connectivity index (χ4v) is 4.06. The Morgan fingerprint density at radius 3 is 2.67 bits per heavy atom. The number of nitrogens with zero attached hydrogens (tertiary/aromatic N) is 2. The van der Waals surface area contributed by atoms with Gasteiger partial charge in [0.1, 0.15) is 0 Å². The number of aryl methyl sites for hydroxylation is 1. The van der Waals surface area contributed by atoms with E-state index in [-0.39, 0.29) is 12.1 Å². The van der Waals surface area contributed by atoms with E-state index in [4.69, 9.17) is 4.74 Å². The first kappa shape index (κ1) is 16.4. The summed E-state index contributed by atoms with van der Waals surface area (Å²) in [6.45, 7) is 7.00. The molecule has 0 radical (unpaired) electrons. The molecule has 0 saturated carbocycles. The van der Waals surface area contributed by atoms with Gasteiger partial charge in [-0.1, -0.05) is 24.3 Å². The first-order chi connectivity index (χ1) is 9.82. The number of ether oxygens (including phenoxy) is 1. The van der Waals surface area contributed by atoms with Gasteiger partial charge in [-0.2, -0.15) is 17.0 Å². The second-order valence-electron chi connectivity index (χ2n) is 5.75. The van der Waals surface area contributed by atoms with Gasteiger partial charge in [-0.3, -0.25) is 0 Å². The maximum Gasteiger partial charge on any atom is 0.282 e. The molecule has 0 aliphatic carbocycles. The lowest BCUT2D eigenvalue weighted by molar-refractivity contribution is -0.0188. The van der Waals surface area contributed by atoms with E-state index in [2.05, 4.69) is 0 Å². The molecule has 0 amide bonds. The molecule has 0 unspecified atom stereocenters. The van der Waals surface area contributed by atoms with Crippen molar-refractivity contribution >= 4 is 10.2 Å². The largest absolute Gasteiger partial charge is 0.375 e. The zero-order valence-corrected chi connectivity index (χ0v) is 13.9. The highest BCUT2D eigenvalue weighted by Crippen LogP contribution is 2.20. The predicted molar refractivity (Wildman–Crippen MR) is 83.1 cm³/mol. The highest BCUT2D eigenvalue weighted by atomic mass is 32.2. The highest BCUT2D eigenvalue weighted by Gasteiger charge is 2.35. The van der Waals surface area contributed by atoms with E-state index in [1.54, 1.807) is 11.4 Å². The molecule has 1 aliphatic heterocycles. The zero-order chi connectivity index (χ0) is 15.6. The van der Waals surface area contributed by atoms with Gasteiger partial charge >= 0.3 is 0 Å². The lowest BCUT2D eigenvalue weighted by atomic mass is 10.1. The topological polar surface area (TPSA) is 49.9 Å². The minimum absolute atomic E-state index is 0.0668. The van der Waals surface area contributed by atoms with Crippen molar-refractivity contribution < 1.29 is 13.2 Å². The molecule has 1 heterocycles. The van der Waals surface area contributed by atoms with Crippen molar-refractivity contribution in [2.24, 2.45) is 0 Å². The molecule has 6 heteroatoms. The SMILES string of the molecule is Cc1ccccc1CN(C)S(=O)(=O)N1C[C@H](C)OC[C@@H]1C. The molecule has 1 saturated heterocycles. The molecule has 0 aromatic heterocycles. The predicted octanol–water partition coefficient (Wildman–Crippen LogP) is 1.78. The van der Waals surface area contributed by atoms with Crippen LogP contribution in [0, 0.1) is 6.92 Å². The van der Waals surface area contributed by atoms with Crippen molar-refractivity contribution in [3.05, 3.63) is 35.4 Å². The third-order valence-electron chi connectivity index (χ3n) is 3.90. The lowest BCUT2D eigenvalue weighted by Gasteiger charge is -2.37. The maximum absolute atomic E-state index is 12.8. The van der Waals surface area contributed by atoms with E-state index in [0.29, 0.717) is 19.7 Å². The molecule has 0 bridgehead atoms. The van der Waals surface area contributed by atoms with Gasteiger partial charge in [0.2, 0.25) is 0 Å². The fourth-order valence-electron chi connectivity index (χ4n) is 2.48. The average Bonchev–Trinajstić information content (AvgIpc) is 2.43. The molecule has 5 nitrogen and oxygen atoms in total. The van der Waals surface area contributed by atoms with Crippen LogP contribution in [0.3, 0.4) is 0 Å². The molecule has 1 aliphatic rings. The molecule has 2 rings (SSSR count). The zero-order valence-electron chi connectivity index (χ0n) is 13.1. The molecule has 1 aromatic carbocycles. The summed E-state index contributed by atoms with van der Waals surface area (Å²) in [6.07, 6.45) is -0.0668. The molecule has 2 atom stereocenters. The van der Waals surface area contributed by atoms with Gasteiger partial charge in [-0.05, 0) is 31.9 Å². The van der Waals surface area contributed by atoms with Crippen molar-refractivity contribution in [1.29, 1.82) is 0 Å². The molecule has 1 fully saturated rings. The van der Waals surface area contributed by atoms with Gasteiger partial charge < -0.3 is 4.74 Å². The van der Waals surface area contributed by atoms with Crippen molar-refractivity contribution in [1.82, 2.24) is 8.61 Å². The normalized spacial score (nSPS) is 24.4. The van der Waals surface area contributed by atoms with Crippen molar-refractivity contribution in [3.8, 4) is 0 Å². The number of benzene rings is 1.